The minimum absolute atomic E-state index is 0.163. The van der Waals surface area contributed by atoms with Crippen LogP contribution in [-0.4, -0.2) is 24.3 Å². The summed E-state index contributed by atoms with van der Waals surface area (Å²) in [7, 11) is 0. The Hall–Kier alpha value is -1.61. The Kier molecular flexibility index (Phi) is 6.30. The van der Waals surface area contributed by atoms with Crippen molar-refractivity contribution in [1.29, 1.82) is 0 Å². The van der Waals surface area contributed by atoms with E-state index in [2.05, 4.69) is 13.0 Å². The van der Waals surface area contributed by atoms with Gasteiger partial charge in [0.1, 0.15) is 0 Å². The van der Waals surface area contributed by atoms with E-state index in [-0.39, 0.29) is 18.5 Å². The quantitative estimate of drug-likeness (QED) is 0.633. The van der Waals surface area contributed by atoms with Crippen LogP contribution in [0.4, 0.5) is 0 Å². The molecule has 0 aliphatic heterocycles. The summed E-state index contributed by atoms with van der Waals surface area (Å²) in [6.07, 6.45) is 3.95. The highest BCUT2D eigenvalue weighted by Crippen LogP contribution is 2.24. The van der Waals surface area contributed by atoms with Crippen LogP contribution in [0.1, 0.15) is 42.9 Å². The number of rotatable bonds is 6. The van der Waals surface area contributed by atoms with Gasteiger partial charge in [0.05, 0.1) is 6.61 Å². The van der Waals surface area contributed by atoms with Gasteiger partial charge < -0.3 is 9.84 Å². The number of aliphatic hydroxyl groups is 1. The number of aliphatic hydroxyl groups excluding tert-OH is 1. The summed E-state index contributed by atoms with van der Waals surface area (Å²) in [4.78, 5) is 11.4. The fourth-order valence-corrected chi connectivity index (χ4v) is 1.98. The minimum Gasteiger partial charge on any atom is -0.463 e. The lowest BCUT2D eigenvalue weighted by Gasteiger charge is -2.14. The van der Waals surface area contributed by atoms with Gasteiger partial charge in [-0.2, -0.15) is 0 Å². The maximum Gasteiger partial charge on any atom is 0.330 e. The van der Waals surface area contributed by atoms with E-state index in [1.807, 2.05) is 19.1 Å². The van der Waals surface area contributed by atoms with Gasteiger partial charge in [0, 0.05) is 12.7 Å². The van der Waals surface area contributed by atoms with Crippen LogP contribution in [0.15, 0.2) is 24.3 Å². The Morgan fingerprint density at radius 3 is 2.84 bits per heavy atom. The summed E-state index contributed by atoms with van der Waals surface area (Å²) in [5.74, 6) is -0.0720. The summed E-state index contributed by atoms with van der Waals surface area (Å²) in [5.41, 5.74) is 3.29. The molecule has 0 unspecified atom stereocenters. The summed E-state index contributed by atoms with van der Waals surface area (Å²) in [6, 6.07) is 6.14. The first kappa shape index (κ1) is 15.4. The smallest absolute Gasteiger partial charge is 0.330 e. The summed E-state index contributed by atoms with van der Waals surface area (Å²) in [6.45, 7) is 6.42. The van der Waals surface area contributed by atoms with Gasteiger partial charge in [0.15, 0.2) is 0 Å². The number of ether oxygens (including phenoxy) is 1. The van der Waals surface area contributed by atoms with Crippen molar-refractivity contribution in [1.82, 2.24) is 0 Å². The van der Waals surface area contributed by atoms with Crippen molar-refractivity contribution in [2.75, 3.05) is 13.2 Å². The molecule has 3 heteroatoms. The molecule has 0 amide bonds. The highest BCUT2D eigenvalue weighted by molar-refractivity contribution is 5.87. The average Bonchev–Trinajstić information content (AvgIpc) is 2.37. The van der Waals surface area contributed by atoms with Gasteiger partial charge in [-0.15, -0.1) is 0 Å². The summed E-state index contributed by atoms with van der Waals surface area (Å²) < 4.78 is 4.88. The fourth-order valence-electron chi connectivity index (χ4n) is 1.98. The Morgan fingerprint density at radius 1 is 1.47 bits per heavy atom. The molecule has 0 saturated carbocycles. The molecule has 1 N–H and O–H groups in total. The second kappa shape index (κ2) is 7.74. The van der Waals surface area contributed by atoms with Crippen molar-refractivity contribution in [3.8, 4) is 0 Å². The number of hydrogen-bond donors (Lipinski definition) is 1. The second-order valence-corrected chi connectivity index (χ2v) is 4.63. The van der Waals surface area contributed by atoms with Crippen LogP contribution in [-0.2, 0) is 9.53 Å². The molecule has 1 atom stereocenters. The van der Waals surface area contributed by atoms with Crippen molar-refractivity contribution in [2.24, 2.45) is 0 Å². The molecule has 0 aliphatic carbocycles. The van der Waals surface area contributed by atoms with E-state index in [9.17, 15) is 4.79 Å². The highest BCUT2D eigenvalue weighted by Gasteiger charge is 2.09. The number of carbonyl (C=O) groups excluding carboxylic acids is 1. The van der Waals surface area contributed by atoms with Gasteiger partial charge in [0.2, 0.25) is 0 Å². The molecule has 0 spiro atoms. The van der Waals surface area contributed by atoms with Crippen LogP contribution in [0.3, 0.4) is 0 Å². The zero-order chi connectivity index (χ0) is 14.3. The van der Waals surface area contributed by atoms with E-state index in [1.165, 1.54) is 6.08 Å². The lowest BCUT2D eigenvalue weighted by Crippen LogP contribution is -2.01. The Balaban J connectivity index is 2.97. The number of aryl methyl sites for hydroxylation is 1. The molecule has 0 saturated heterocycles. The van der Waals surface area contributed by atoms with Crippen LogP contribution in [0, 0.1) is 6.92 Å². The molecule has 1 aromatic carbocycles. The molecule has 19 heavy (non-hydrogen) atoms. The Bertz CT molecular complexity index is 449. The summed E-state index contributed by atoms with van der Waals surface area (Å²) in [5, 5.41) is 9.04. The molecule has 1 aromatic rings. The highest BCUT2D eigenvalue weighted by atomic mass is 16.5. The largest absolute Gasteiger partial charge is 0.463 e. The van der Waals surface area contributed by atoms with Gasteiger partial charge in [-0.3, -0.25) is 0 Å². The number of benzene rings is 1. The van der Waals surface area contributed by atoms with Gasteiger partial charge in [-0.1, -0.05) is 30.7 Å². The zero-order valence-electron chi connectivity index (χ0n) is 11.8. The van der Waals surface area contributed by atoms with E-state index in [0.717, 1.165) is 16.7 Å². The normalized spacial score (nSPS) is 12.6. The lowest BCUT2D eigenvalue weighted by molar-refractivity contribution is -0.137. The molecule has 104 valence electrons. The fraction of sp³-hybridized carbons (Fsp3) is 0.438. The molecule has 0 radical (unpaired) electrons. The second-order valence-electron chi connectivity index (χ2n) is 4.63. The van der Waals surface area contributed by atoms with Crippen molar-refractivity contribution < 1.29 is 14.6 Å². The van der Waals surface area contributed by atoms with E-state index < -0.39 is 0 Å². The monoisotopic (exact) mass is 262 g/mol. The van der Waals surface area contributed by atoms with Gasteiger partial charge in [-0.05, 0) is 43.4 Å². The molecular formula is C16H22O3. The van der Waals surface area contributed by atoms with Crippen LogP contribution < -0.4 is 0 Å². The first-order chi connectivity index (χ1) is 9.08. The standard InChI is InChI=1S/C16H22O3/c1-4-19-16(18)8-6-14-11-12(2)5-7-15(14)13(3)9-10-17/h5-8,11,13,17H,4,9-10H2,1-3H3/b8-6+/t13-/m0/s1. The third-order valence-electron chi connectivity index (χ3n) is 3.02. The topological polar surface area (TPSA) is 46.5 Å². The van der Waals surface area contributed by atoms with Gasteiger partial charge in [-0.25, -0.2) is 4.79 Å². The predicted octanol–water partition coefficient (Wildman–Crippen LogP) is 3.06. The van der Waals surface area contributed by atoms with Gasteiger partial charge in [0.25, 0.3) is 0 Å². The van der Waals surface area contributed by atoms with Crippen molar-refractivity contribution >= 4 is 12.0 Å². The molecule has 0 bridgehead atoms. The average molecular weight is 262 g/mol. The van der Waals surface area contributed by atoms with Gasteiger partial charge >= 0.3 is 5.97 Å². The van der Waals surface area contributed by atoms with Crippen molar-refractivity contribution in [3.63, 3.8) is 0 Å². The van der Waals surface area contributed by atoms with Crippen LogP contribution in [0.2, 0.25) is 0 Å². The molecular weight excluding hydrogens is 240 g/mol. The predicted molar refractivity (Wildman–Crippen MR) is 77.0 cm³/mol. The maximum absolute atomic E-state index is 11.4. The maximum atomic E-state index is 11.4. The van der Waals surface area contributed by atoms with Crippen LogP contribution in [0.25, 0.3) is 6.08 Å². The van der Waals surface area contributed by atoms with E-state index in [4.69, 9.17) is 9.84 Å². The molecule has 0 aliphatic rings. The summed E-state index contributed by atoms with van der Waals surface area (Å²) >= 11 is 0. The molecule has 3 nitrogen and oxygen atoms in total. The molecule has 0 aromatic heterocycles. The lowest BCUT2D eigenvalue weighted by atomic mass is 9.92. The zero-order valence-corrected chi connectivity index (χ0v) is 11.8. The third kappa shape index (κ3) is 4.87. The third-order valence-corrected chi connectivity index (χ3v) is 3.02. The van der Waals surface area contributed by atoms with Crippen molar-refractivity contribution in [2.45, 2.75) is 33.1 Å². The SMILES string of the molecule is CCOC(=O)/C=C/c1cc(C)ccc1[C@@H](C)CCO. The van der Waals surface area contributed by atoms with E-state index in [0.29, 0.717) is 13.0 Å². The molecule has 0 fully saturated rings. The first-order valence-corrected chi connectivity index (χ1v) is 6.64. The number of hydrogen-bond acceptors (Lipinski definition) is 3. The number of carbonyl (C=O) groups is 1. The first-order valence-electron chi connectivity index (χ1n) is 6.64. The Labute approximate surface area is 114 Å². The Morgan fingerprint density at radius 2 is 2.21 bits per heavy atom. The van der Waals surface area contributed by atoms with Crippen LogP contribution >= 0.6 is 0 Å². The van der Waals surface area contributed by atoms with Crippen molar-refractivity contribution in [3.05, 3.63) is 41.0 Å². The van der Waals surface area contributed by atoms with Crippen LogP contribution in [0.5, 0.6) is 0 Å². The van der Waals surface area contributed by atoms with E-state index >= 15 is 0 Å². The molecule has 1 rings (SSSR count). The minimum atomic E-state index is -0.329. The van der Waals surface area contributed by atoms with E-state index in [1.54, 1.807) is 13.0 Å². The molecule has 0 heterocycles. The number of esters is 1.